The van der Waals surface area contributed by atoms with Crippen LogP contribution in [0.2, 0.25) is 0 Å². The molecule has 2 heterocycles. The van der Waals surface area contributed by atoms with Gasteiger partial charge in [-0.3, -0.25) is 9.78 Å². The van der Waals surface area contributed by atoms with Crippen LogP contribution in [-0.4, -0.2) is 58.6 Å². The lowest BCUT2D eigenvalue weighted by molar-refractivity contribution is -0.139. The summed E-state index contributed by atoms with van der Waals surface area (Å²) < 4.78 is 33.1. The number of pyridine rings is 1. The molecule has 0 spiro atoms. The van der Waals surface area contributed by atoms with Crippen LogP contribution in [-0.2, 0) is 4.79 Å². The van der Waals surface area contributed by atoms with Crippen LogP contribution in [0.25, 0.3) is 10.9 Å². The Hall–Kier alpha value is -2.75. The van der Waals surface area contributed by atoms with Gasteiger partial charge in [0.1, 0.15) is 17.4 Å². The summed E-state index contributed by atoms with van der Waals surface area (Å²) in [7, 11) is 1.60. The van der Waals surface area contributed by atoms with E-state index < -0.39 is 23.7 Å². The van der Waals surface area contributed by atoms with Crippen LogP contribution in [0.4, 0.5) is 8.78 Å². The number of aliphatic hydroxyl groups excluding tert-OH is 1. The lowest BCUT2D eigenvalue weighted by Gasteiger charge is -2.38. The number of aromatic nitrogens is 1. The van der Waals surface area contributed by atoms with Crippen LogP contribution in [0.1, 0.15) is 37.4 Å². The molecule has 2 N–H and O–H groups in total. The molecule has 1 aromatic heterocycles. The normalized spacial score (nSPS) is 19.1. The zero-order valence-corrected chi connectivity index (χ0v) is 21.6. The summed E-state index contributed by atoms with van der Waals surface area (Å²) in [6, 6.07) is 11.2. The predicted molar refractivity (Wildman–Crippen MR) is 140 cm³/mol. The highest BCUT2D eigenvalue weighted by atomic mass is 32.2. The molecule has 6 nitrogen and oxygen atoms in total. The minimum Gasteiger partial charge on any atom is -0.497 e. The number of hydrogen-bond acceptors (Lipinski definition) is 6. The molecule has 37 heavy (non-hydrogen) atoms. The maximum atomic E-state index is 13.9. The van der Waals surface area contributed by atoms with Gasteiger partial charge in [-0.1, -0.05) is 6.07 Å². The SMILES string of the molecule is COc1ccc2nccc(C(O)CC[C@@H]3CCN(CCSc4c(F)cccc4F)C[C@@H]3CC(=O)O)c2c1. The smallest absolute Gasteiger partial charge is 0.303 e. The molecule has 198 valence electrons. The highest BCUT2D eigenvalue weighted by Gasteiger charge is 2.31. The van der Waals surface area contributed by atoms with E-state index in [-0.39, 0.29) is 23.2 Å². The van der Waals surface area contributed by atoms with Gasteiger partial charge in [-0.25, -0.2) is 8.78 Å². The number of carboxylic acids is 1. The second-order valence-electron chi connectivity index (χ2n) is 9.48. The molecule has 1 unspecified atom stereocenters. The fraction of sp³-hybridized carbons (Fsp3) is 0.429. The monoisotopic (exact) mass is 530 g/mol. The van der Waals surface area contributed by atoms with Gasteiger partial charge >= 0.3 is 5.97 Å². The molecule has 0 aliphatic carbocycles. The van der Waals surface area contributed by atoms with Gasteiger partial charge in [0.25, 0.3) is 0 Å². The third kappa shape index (κ3) is 6.97. The third-order valence-corrected chi connectivity index (χ3v) is 8.20. The summed E-state index contributed by atoms with van der Waals surface area (Å²) in [5.41, 5.74) is 1.57. The number of piperidine rings is 1. The van der Waals surface area contributed by atoms with Crippen LogP contribution >= 0.6 is 11.8 Å². The van der Waals surface area contributed by atoms with Crippen molar-refractivity contribution in [2.24, 2.45) is 11.8 Å². The van der Waals surface area contributed by atoms with Gasteiger partial charge in [-0.05, 0) is 79.6 Å². The number of halogens is 2. The Morgan fingerprint density at radius 2 is 2.00 bits per heavy atom. The van der Waals surface area contributed by atoms with Gasteiger partial charge in [-0.15, -0.1) is 11.8 Å². The Morgan fingerprint density at radius 1 is 1.22 bits per heavy atom. The molecule has 4 rings (SSSR count). The molecule has 1 aliphatic rings. The molecule has 3 aromatic rings. The van der Waals surface area contributed by atoms with Crippen LogP contribution < -0.4 is 4.74 Å². The van der Waals surface area contributed by atoms with Crippen molar-refractivity contribution in [2.45, 2.75) is 36.7 Å². The van der Waals surface area contributed by atoms with Crippen molar-refractivity contribution < 1.29 is 28.5 Å². The zero-order chi connectivity index (χ0) is 26.4. The number of rotatable bonds is 11. The number of carboxylic acid groups (broad SMARTS) is 1. The van der Waals surface area contributed by atoms with E-state index >= 15 is 0 Å². The molecular formula is C28H32F2N2O4S. The standard InChI is InChI=1S/C28H32F2N2O4S/c1-36-20-6-7-25-22(16-20)21(9-11-31-25)26(33)8-5-18-10-12-32(17-19(18)15-27(34)35)13-14-37-28-23(29)3-2-4-24(28)30/h2-4,6-7,9,11,16,18-19,26,33H,5,8,10,12-15,17H2,1H3,(H,34,35)/t18-,19+,26?/m1/s1. The molecular weight excluding hydrogens is 498 g/mol. The molecule has 0 bridgehead atoms. The van der Waals surface area contributed by atoms with E-state index in [9.17, 15) is 23.8 Å². The van der Waals surface area contributed by atoms with Gasteiger partial charge in [-0.2, -0.15) is 0 Å². The van der Waals surface area contributed by atoms with Gasteiger partial charge in [0.15, 0.2) is 0 Å². The Morgan fingerprint density at radius 3 is 2.73 bits per heavy atom. The molecule has 1 saturated heterocycles. The van der Waals surface area contributed by atoms with Crippen molar-refractivity contribution in [3.8, 4) is 5.75 Å². The maximum Gasteiger partial charge on any atom is 0.303 e. The van der Waals surface area contributed by atoms with E-state index in [1.165, 1.54) is 18.2 Å². The minimum atomic E-state index is -0.840. The number of thioether (sulfide) groups is 1. The Balaban J connectivity index is 1.35. The summed E-state index contributed by atoms with van der Waals surface area (Å²) in [6.07, 6.45) is 3.07. The first-order valence-corrected chi connectivity index (χ1v) is 13.5. The van der Waals surface area contributed by atoms with Crippen molar-refractivity contribution in [3.05, 3.63) is 65.9 Å². The van der Waals surface area contributed by atoms with E-state index in [2.05, 4.69) is 9.88 Å². The van der Waals surface area contributed by atoms with Crippen LogP contribution in [0.3, 0.4) is 0 Å². The van der Waals surface area contributed by atoms with Gasteiger partial charge in [0, 0.05) is 36.8 Å². The number of aliphatic carboxylic acids is 1. The molecule has 0 radical (unpaired) electrons. The predicted octanol–water partition coefficient (Wildman–Crippen LogP) is 5.54. The number of hydrogen-bond donors (Lipinski definition) is 2. The largest absolute Gasteiger partial charge is 0.497 e. The topological polar surface area (TPSA) is 82.9 Å². The number of ether oxygens (including phenoxy) is 1. The van der Waals surface area contributed by atoms with E-state index in [1.54, 1.807) is 13.3 Å². The fourth-order valence-corrected chi connectivity index (χ4v) is 6.15. The molecule has 3 atom stereocenters. The van der Waals surface area contributed by atoms with E-state index in [1.807, 2.05) is 24.3 Å². The highest BCUT2D eigenvalue weighted by Crippen LogP contribution is 2.35. The molecule has 0 saturated carbocycles. The average Bonchev–Trinajstić information content (AvgIpc) is 2.88. The summed E-state index contributed by atoms with van der Waals surface area (Å²) >= 11 is 1.14. The summed E-state index contributed by atoms with van der Waals surface area (Å²) in [4.78, 5) is 18.2. The number of aliphatic hydroxyl groups is 1. The van der Waals surface area contributed by atoms with Crippen LogP contribution in [0, 0.1) is 23.5 Å². The van der Waals surface area contributed by atoms with Crippen molar-refractivity contribution in [1.82, 2.24) is 9.88 Å². The quantitative estimate of drug-likeness (QED) is 0.315. The number of fused-ring (bicyclic) bond motifs is 1. The van der Waals surface area contributed by atoms with Gasteiger partial charge < -0.3 is 19.8 Å². The summed E-state index contributed by atoms with van der Waals surface area (Å²) in [6.45, 7) is 2.02. The second-order valence-corrected chi connectivity index (χ2v) is 10.6. The van der Waals surface area contributed by atoms with Crippen LogP contribution in [0.15, 0.2) is 53.6 Å². The zero-order valence-electron chi connectivity index (χ0n) is 20.8. The number of carbonyl (C=O) groups is 1. The Bertz CT molecular complexity index is 1210. The third-order valence-electron chi connectivity index (χ3n) is 7.14. The lowest BCUT2D eigenvalue weighted by atomic mass is 9.79. The molecule has 0 amide bonds. The van der Waals surface area contributed by atoms with Crippen molar-refractivity contribution in [2.75, 3.05) is 32.5 Å². The van der Waals surface area contributed by atoms with E-state index in [4.69, 9.17) is 4.74 Å². The Kier molecular flexibility index (Phi) is 9.34. The fourth-order valence-electron chi connectivity index (χ4n) is 5.18. The van der Waals surface area contributed by atoms with Crippen molar-refractivity contribution >= 4 is 28.6 Å². The molecule has 9 heteroatoms. The van der Waals surface area contributed by atoms with Crippen LogP contribution in [0.5, 0.6) is 5.75 Å². The van der Waals surface area contributed by atoms with E-state index in [0.717, 1.165) is 41.2 Å². The molecule has 1 aliphatic heterocycles. The number of benzene rings is 2. The average molecular weight is 531 g/mol. The van der Waals surface area contributed by atoms with Crippen molar-refractivity contribution in [3.63, 3.8) is 0 Å². The molecule has 1 fully saturated rings. The first-order valence-electron chi connectivity index (χ1n) is 12.5. The first-order chi connectivity index (χ1) is 17.9. The lowest BCUT2D eigenvalue weighted by Crippen LogP contribution is -2.42. The number of methoxy groups -OCH3 is 1. The summed E-state index contributed by atoms with van der Waals surface area (Å²) in [5, 5.41) is 21.4. The number of likely N-dealkylation sites (tertiary alicyclic amines) is 1. The second kappa shape index (κ2) is 12.7. The van der Waals surface area contributed by atoms with Gasteiger partial charge in [0.2, 0.25) is 0 Å². The van der Waals surface area contributed by atoms with E-state index in [0.29, 0.717) is 37.4 Å². The Labute approximate surface area is 219 Å². The maximum absolute atomic E-state index is 13.9. The molecule has 2 aromatic carbocycles. The first kappa shape index (κ1) is 27.3. The minimum absolute atomic E-state index is 0.0229. The highest BCUT2D eigenvalue weighted by molar-refractivity contribution is 7.99. The van der Waals surface area contributed by atoms with Crippen molar-refractivity contribution in [1.29, 1.82) is 0 Å². The summed E-state index contributed by atoms with van der Waals surface area (Å²) in [5.74, 6) is -0.646. The van der Waals surface area contributed by atoms with Gasteiger partial charge in [0.05, 0.1) is 23.6 Å². The number of nitrogens with zero attached hydrogens (tertiary/aromatic N) is 2.